The molecular formula is C13H14ClNO4S2. The van der Waals surface area contributed by atoms with Crippen LogP contribution < -0.4 is 9.46 Å². The minimum absolute atomic E-state index is 0.131. The molecule has 2 rings (SSSR count). The summed E-state index contributed by atoms with van der Waals surface area (Å²) in [6, 6.07) is 7.71. The Morgan fingerprint density at radius 2 is 2.10 bits per heavy atom. The summed E-state index contributed by atoms with van der Waals surface area (Å²) in [5.74, 6) is 0.530. The van der Waals surface area contributed by atoms with Crippen LogP contribution in [0.25, 0.3) is 0 Å². The van der Waals surface area contributed by atoms with Crippen LogP contribution in [0.5, 0.6) is 5.75 Å². The van der Waals surface area contributed by atoms with Crippen molar-refractivity contribution in [1.29, 1.82) is 0 Å². The van der Waals surface area contributed by atoms with Crippen molar-refractivity contribution in [3.05, 3.63) is 40.2 Å². The molecule has 21 heavy (non-hydrogen) atoms. The van der Waals surface area contributed by atoms with Gasteiger partial charge in [-0.05, 0) is 37.3 Å². The number of thiophene rings is 1. The number of anilines is 1. The summed E-state index contributed by atoms with van der Waals surface area (Å²) in [5, 5.41) is 9.32. The summed E-state index contributed by atoms with van der Waals surface area (Å²) >= 11 is 6.73. The second-order valence-electron chi connectivity index (χ2n) is 4.08. The number of benzene rings is 1. The first-order valence-corrected chi connectivity index (χ1v) is 8.78. The quantitative estimate of drug-likeness (QED) is 0.842. The topological polar surface area (TPSA) is 75.6 Å². The number of nitrogens with one attached hydrogen (secondary N) is 1. The maximum atomic E-state index is 12.2. The highest BCUT2D eigenvalue weighted by molar-refractivity contribution is 7.94. The van der Waals surface area contributed by atoms with Crippen molar-refractivity contribution in [2.45, 2.75) is 17.7 Å². The largest absolute Gasteiger partial charge is 0.494 e. The minimum atomic E-state index is -3.68. The van der Waals surface area contributed by atoms with E-state index in [1.807, 2.05) is 6.92 Å². The highest BCUT2D eigenvalue weighted by Crippen LogP contribution is 2.29. The van der Waals surface area contributed by atoms with Crippen molar-refractivity contribution in [2.24, 2.45) is 0 Å². The highest BCUT2D eigenvalue weighted by atomic mass is 35.5. The molecule has 2 aromatic rings. The predicted molar refractivity (Wildman–Crippen MR) is 83.7 cm³/mol. The lowest BCUT2D eigenvalue weighted by molar-refractivity contribution is 0.267. The number of hydrogen-bond donors (Lipinski definition) is 2. The van der Waals surface area contributed by atoms with Crippen LogP contribution in [0.15, 0.2) is 34.5 Å². The molecule has 114 valence electrons. The van der Waals surface area contributed by atoms with Crippen LogP contribution in [0.4, 0.5) is 5.69 Å². The van der Waals surface area contributed by atoms with Gasteiger partial charge < -0.3 is 9.84 Å². The van der Waals surface area contributed by atoms with Crippen molar-refractivity contribution in [3.8, 4) is 5.75 Å². The molecule has 0 aliphatic rings. The average Bonchev–Trinajstić information content (AvgIpc) is 2.88. The van der Waals surface area contributed by atoms with E-state index in [-0.39, 0.29) is 10.8 Å². The van der Waals surface area contributed by atoms with Gasteiger partial charge in [0, 0.05) is 11.3 Å². The van der Waals surface area contributed by atoms with Gasteiger partial charge in [-0.1, -0.05) is 11.6 Å². The molecule has 2 N–H and O–H groups in total. The van der Waals surface area contributed by atoms with Crippen molar-refractivity contribution < 1.29 is 18.3 Å². The zero-order chi connectivity index (χ0) is 15.5. The SMILES string of the molecule is CCOc1ccc(NS(=O)(=O)c2ccc(Cl)s2)cc1CO. The van der Waals surface area contributed by atoms with Crippen LogP contribution in [0.3, 0.4) is 0 Å². The molecule has 0 amide bonds. The maximum Gasteiger partial charge on any atom is 0.271 e. The molecule has 0 fully saturated rings. The third-order valence-corrected chi connectivity index (χ3v) is 5.70. The molecule has 8 heteroatoms. The zero-order valence-electron chi connectivity index (χ0n) is 11.2. The minimum Gasteiger partial charge on any atom is -0.494 e. The van der Waals surface area contributed by atoms with Gasteiger partial charge in [0.1, 0.15) is 9.96 Å². The first kappa shape index (κ1) is 16.1. The van der Waals surface area contributed by atoms with Gasteiger partial charge >= 0.3 is 0 Å². The van der Waals surface area contributed by atoms with E-state index in [9.17, 15) is 13.5 Å². The lowest BCUT2D eigenvalue weighted by Crippen LogP contribution is -2.11. The van der Waals surface area contributed by atoms with Crippen LogP contribution in [-0.4, -0.2) is 20.1 Å². The first-order valence-electron chi connectivity index (χ1n) is 6.11. The Morgan fingerprint density at radius 1 is 1.33 bits per heavy atom. The second-order valence-corrected chi connectivity index (χ2v) is 7.70. The molecule has 0 unspecified atom stereocenters. The van der Waals surface area contributed by atoms with Crippen molar-refractivity contribution in [3.63, 3.8) is 0 Å². The van der Waals surface area contributed by atoms with Crippen LogP contribution in [0, 0.1) is 0 Å². The molecule has 0 saturated carbocycles. The summed E-state index contributed by atoms with van der Waals surface area (Å²) in [7, 11) is -3.68. The average molecular weight is 348 g/mol. The van der Waals surface area contributed by atoms with E-state index in [0.717, 1.165) is 11.3 Å². The summed E-state index contributed by atoms with van der Waals surface area (Å²) in [5.41, 5.74) is 0.869. The Balaban J connectivity index is 2.27. The maximum absolute atomic E-state index is 12.2. The molecule has 5 nitrogen and oxygen atoms in total. The third-order valence-electron chi connectivity index (χ3n) is 2.60. The fraction of sp³-hybridized carbons (Fsp3) is 0.231. The highest BCUT2D eigenvalue weighted by Gasteiger charge is 2.17. The molecule has 0 aliphatic heterocycles. The van der Waals surface area contributed by atoms with E-state index in [2.05, 4.69) is 4.72 Å². The summed E-state index contributed by atoms with van der Waals surface area (Å²) in [6.07, 6.45) is 0. The van der Waals surface area contributed by atoms with Crippen LogP contribution in [0.2, 0.25) is 4.34 Å². The standard InChI is InChI=1S/C13H14ClNO4S2/c1-2-19-11-4-3-10(7-9(11)8-16)15-21(17,18)13-6-5-12(14)20-13/h3-7,15-16H,2,8H2,1H3. The molecule has 0 saturated heterocycles. The van der Waals surface area contributed by atoms with E-state index >= 15 is 0 Å². The normalized spacial score (nSPS) is 11.4. The number of hydrogen-bond acceptors (Lipinski definition) is 5. The number of rotatable bonds is 6. The number of halogens is 1. The van der Waals surface area contributed by atoms with Gasteiger partial charge in [0.2, 0.25) is 0 Å². The summed E-state index contributed by atoms with van der Waals surface area (Å²) in [6.45, 7) is 2.06. The number of aliphatic hydroxyl groups excluding tert-OH is 1. The number of aliphatic hydroxyl groups is 1. The third kappa shape index (κ3) is 3.88. The Bertz CT molecular complexity index is 728. The van der Waals surface area contributed by atoms with Crippen LogP contribution in [0.1, 0.15) is 12.5 Å². The molecule has 0 bridgehead atoms. The zero-order valence-corrected chi connectivity index (χ0v) is 13.6. The fourth-order valence-corrected chi connectivity index (χ4v) is 4.24. The van der Waals surface area contributed by atoms with E-state index in [0.29, 0.717) is 27.9 Å². The Kier molecular flexibility index (Phi) is 5.10. The second kappa shape index (κ2) is 6.65. The summed E-state index contributed by atoms with van der Waals surface area (Å²) < 4.78 is 32.7. The Morgan fingerprint density at radius 3 is 2.67 bits per heavy atom. The van der Waals surface area contributed by atoms with Gasteiger partial charge in [-0.25, -0.2) is 8.42 Å². The van der Waals surface area contributed by atoms with Crippen molar-refractivity contribution in [1.82, 2.24) is 0 Å². The first-order chi connectivity index (χ1) is 9.96. The summed E-state index contributed by atoms with van der Waals surface area (Å²) in [4.78, 5) is 0. The van der Waals surface area contributed by atoms with Gasteiger partial charge in [0.15, 0.2) is 0 Å². The monoisotopic (exact) mass is 347 g/mol. The number of sulfonamides is 1. The van der Waals surface area contributed by atoms with Crippen molar-refractivity contribution >= 4 is 38.6 Å². The molecule has 1 aromatic heterocycles. The van der Waals surface area contributed by atoms with Gasteiger partial charge in [0.05, 0.1) is 17.6 Å². The van der Waals surface area contributed by atoms with Gasteiger partial charge in [-0.15, -0.1) is 11.3 Å². The molecule has 0 radical (unpaired) electrons. The molecule has 0 atom stereocenters. The lowest BCUT2D eigenvalue weighted by Gasteiger charge is -2.11. The molecule has 1 heterocycles. The van der Waals surface area contributed by atoms with E-state index in [1.165, 1.54) is 18.2 Å². The van der Waals surface area contributed by atoms with Crippen LogP contribution >= 0.6 is 22.9 Å². The molecule has 0 aliphatic carbocycles. The van der Waals surface area contributed by atoms with Crippen LogP contribution in [-0.2, 0) is 16.6 Å². The number of ether oxygens (including phenoxy) is 1. The van der Waals surface area contributed by atoms with Gasteiger partial charge in [-0.3, -0.25) is 4.72 Å². The lowest BCUT2D eigenvalue weighted by atomic mass is 10.2. The fourth-order valence-electron chi connectivity index (χ4n) is 1.71. The Labute approximate surface area is 132 Å². The molecular weight excluding hydrogens is 334 g/mol. The molecule has 1 aromatic carbocycles. The van der Waals surface area contributed by atoms with Gasteiger partial charge in [0.25, 0.3) is 10.0 Å². The van der Waals surface area contributed by atoms with Crippen molar-refractivity contribution in [2.75, 3.05) is 11.3 Å². The smallest absolute Gasteiger partial charge is 0.271 e. The Hall–Kier alpha value is -1.28. The van der Waals surface area contributed by atoms with E-state index in [4.69, 9.17) is 16.3 Å². The molecule has 0 spiro atoms. The van der Waals surface area contributed by atoms with Gasteiger partial charge in [-0.2, -0.15) is 0 Å². The predicted octanol–water partition coefficient (Wildman–Crippen LogP) is 3.09. The van der Waals surface area contributed by atoms with E-state index < -0.39 is 10.0 Å². The van der Waals surface area contributed by atoms with E-state index in [1.54, 1.807) is 12.1 Å².